The minimum Gasteiger partial charge on any atom is -0.302 e. The molecule has 0 atom stereocenters. The van der Waals surface area contributed by atoms with Crippen molar-refractivity contribution in [3.63, 3.8) is 0 Å². The number of aromatic nitrogens is 2. The Kier molecular flexibility index (Phi) is 4.01. The number of nitrogens with zero attached hydrogens (tertiary/aromatic N) is 2. The van der Waals surface area contributed by atoms with E-state index in [2.05, 4.69) is 41.3 Å². The number of carbonyl (C=O) groups is 1. The van der Waals surface area contributed by atoms with Crippen molar-refractivity contribution < 1.29 is 4.79 Å². The molecule has 0 saturated heterocycles. The van der Waals surface area contributed by atoms with Crippen LogP contribution in [-0.4, -0.2) is 15.9 Å². The van der Waals surface area contributed by atoms with Crippen molar-refractivity contribution in [1.82, 2.24) is 9.97 Å². The molecule has 0 unspecified atom stereocenters. The summed E-state index contributed by atoms with van der Waals surface area (Å²) in [6.45, 7) is 6.14. The third-order valence-electron chi connectivity index (χ3n) is 4.20. The Labute approximate surface area is 153 Å². The second-order valence-corrected chi connectivity index (χ2v) is 8.36. The Morgan fingerprint density at radius 3 is 2.44 bits per heavy atom. The smallest absolute Gasteiger partial charge is 0.230 e. The Morgan fingerprint density at radius 2 is 1.68 bits per heavy atom. The van der Waals surface area contributed by atoms with Crippen molar-refractivity contribution in [2.45, 2.75) is 27.2 Å². The lowest BCUT2D eigenvalue weighted by molar-refractivity contribution is -0.115. The maximum atomic E-state index is 12.4. The topological polar surface area (TPSA) is 54.9 Å². The molecule has 4 nitrogen and oxygen atoms in total. The first-order chi connectivity index (χ1) is 12.0. The van der Waals surface area contributed by atoms with E-state index in [1.54, 1.807) is 11.3 Å². The van der Waals surface area contributed by atoms with Gasteiger partial charge in [-0.1, -0.05) is 29.5 Å². The number of nitrogens with one attached hydrogen (secondary N) is 1. The monoisotopic (exact) mass is 367 g/mol. The average Bonchev–Trinajstić information content (AvgIpc) is 3.12. The van der Waals surface area contributed by atoms with Gasteiger partial charge < -0.3 is 5.32 Å². The van der Waals surface area contributed by atoms with E-state index in [1.807, 2.05) is 25.1 Å². The molecule has 0 radical (unpaired) electrons. The number of carbonyl (C=O) groups excluding carboxylic acids is 1. The SMILES string of the molecule is Cc1nc2ccc3nc(NC(=O)Cc4ccc(C)c(C)c4)sc3c2s1. The molecule has 25 heavy (non-hydrogen) atoms. The number of anilines is 1. The van der Waals surface area contributed by atoms with Crippen molar-refractivity contribution in [2.24, 2.45) is 0 Å². The molecule has 0 saturated carbocycles. The fraction of sp³-hybridized carbons (Fsp3) is 0.211. The number of thiazole rings is 2. The fourth-order valence-electron chi connectivity index (χ4n) is 2.80. The van der Waals surface area contributed by atoms with Gasteiger partial charge in [0.05, 0.1) is 31.9 Å². The van der Waals surface area contributed by atoms with Gasteiger partial charge in [-0.2, -0.15) is 0 Å². The van der Waals surface area contributed by atoms with E-state index in [-0.39, 0.29) is 5.91 Å². The molecule has 2 aromatic heterocycles. The summed E-state index contributed by atoms with van der Waals surface area (Å²) in [5, 5.41) is 4.62. The van der Waals surface area contributed by atoms with E-state index in [1.165, 1.54) is 22.5 Å². The van der Waals surface area contributed by atoms with Crippen LogP contribution in [0.3, 0.4) is 0 Å². The normalized spacial score (nSPS) is 11.3. The fourth-order valence-corrected chi connectivity index (χ4v) is 4.82. The molecule has 1 amide bonds. The standard InChI is InChI=1S/C19H17N3OS2/c1-10-4-5-13(8-11(10)2)9-16(23)22-19-21-15-7-6-14-17(18(15)25-19)24-12(3)20-14/h4-8H,9H2,1-3H3,(H,21,22,23). The number of fused-ring (bicyclic) bond motifs is 3. The van der Waals surface area contributed by atoms with Crippen molar-refractivity contribution >= 4 is 54.1 Å². The van der Waals surface area contributed by atoms with Crippen LogP contribution in [0, 0.1) is 20.8 Å². The quantitative estimate of drug-likeness (QED) is 0.553. The molecule has 0 fully saturated rings. The van der Waals surface area contributed by atoms with Crippen LogP contribution in [-0.2, 0) is 11.2 Å². The predicted octanol–water partition coefficient (Wildman–Crippen LogP) is 5.01. The maximum Gasteiger partial charge on any atom is 0.230 e. The third-order valence-corrected chi connectivity index (χ3v) is 6.34. The van der Waals surface area contributed by atoms with Crippen molar-refractivity contribution in [3.8, 4) is 0 Å². The Bertz CT molecular complexity index is 1110. The molecule has 4 rings (SSSR count). The molecule has 126 valence electrons. The highest BCUT2D eigenvalue weighted by Crippen LogP contribution is 2.35. The summed E-state index contributed by atoms with van der Waals surface area (Å²) in [6.07, 6.45) is 0.353. The Morgan fingerprint density at radius 1 is 0.960 bits per heavy atom. The average molecular weight is 367 g/mol. The summed E-state index contributed by atoms with van der Waals surface area (Å²) in [7, 11) is 0. The highest BCUT2D eigenvalue weighted by Gasteiger charge is 2.13. The highest BCUT2D eigenvalue weighted by molar-refractivity contribution is 7.28. The third kappa shape index (κ3) is 3.15. The van der Waals surface area contributed by atoms with Gasteiger partial charge in [-0.15, -0.1) is 11.3 Å². The summed E-state index contributed by atoms with van der Waals surface area (Å²) in [6, 6.07) is 10.1. The molecule has 2 aromatic carbocycles. The van der Waals surface area contributed by atoms with E-state index in [9.17, 15) is 4.79 Å². The molecule has 1 N–H and O–H groups in total. The predicted molar refractivity (Wildman–Crippen MR) is 106 cm³/mol. The van der Waals surface area contributed by atoms with Crippen LogP contribution in [0.4, 0.5) is 5.13 Å². The van der Waals surface area contributed by atoms with Gasteiger partial charge in [0.25, 0.3) is 0 Å². The second-order valence-electron chi connectivity index (χ2n) is 6.16. The van der Waals surface area contributed by atoms with Gasteiger partial charge in [0.1, 0.15) is 0 Å². The maximum absolute atomic E-state index is 12.4. The van der Waals surface area contributed by atoms with E-state index >= 15 is 0 Å². The van der Waals surface area contributed by atoms with Crippen molar-refractivity contribution in [2.75, 3.05) is 5.32 Å². The zero-order valence-electron chi connectivity index (χ0n) is 14.2. The van der Waals surface area contributed by atoms with Crippen LogP contribution in [0.25, 0.3) is 20.4 Å². The number of hydrogen-bond donors (Lipinski definition) is 1. The lowest BCUT2D eigenvalue weighted by Gasteiger charge is -2.05. The molecular weight excluding hydrogens is 350 g/mol. The summed E-state index contributed by atoms with van der Waals surface area (Å²) in [4.78, 5) is 21.4. The molecule has 0 aliphatic heterocycles. The molecule has 0 spiro atoms. The lowest BCUT2D eigenvalue weighted by atomic mass is 10.0. The van der Waals surface area contributed by atoms with Gasteiger partial charge in [-0.25, -0.2) is 9.97 Å². The van der Waals surface area contributed by atoms with Gasteiger partial charge in [0, 0.05) is 0 Å². The largest absolute Gasteiger partial charge is 0.302 e. The molecule has 0 aliphatic carbocycles. The summed E-state index contributed by atoms with van der Waals surface area (Å²) < 4.78 is 2.23. The Balaban J connectivity index is 1.58. The number of hydrogen-bond acceptors (Lipinski definition) is 5. The Hall–Kier alpha value is -2.31. The molecular formula is C19H17N3OS2. The minimum atomic E-state index is -0.0426. The molecule has 0 bridgehead atoms. The zero-order valence-corrected chi connectivity index (χ0v) is 15.8. The summed E-state index contributed by atoms with van der Waals surface area (Å²) in [5.41, 5.74) is 5.35. The van der Waals surface area contributed by atoms with Gasteiger partial charge in [0.2, 0.25) is 5.91 Å². The van der Waals surface area contributed by atoms with E-state index < -0.39 is 0 Å². The molecule has 4 aromatic rings. The van der Waals surface area contributed by atoms with Gasteiger partial charge in [-0.3, -0.25) is 4.79 Å². The lowest BCUT2D eigenvalue weighted by Crippen LogP contribution is -2.14. The van der Waals surface area contributed by atoms with Crippen LogP contribution >= 0.6 is 22.7 Å². The van der Waals surface area contributed by atoms with Crippen LogP contribution in [0.5, 0.6) is 0 Å². The summed E-state index contributed by atoms with van der Waals surface area (Å²) in [5.74, 6) is -0.0426. The van der Waals surface area contributed by atoms with Crippen LogP contribution in [0.2, 0.25) is 0 Å². The van der Waals surface area contributed by atoms with Crippen LogP contribution in [0.15, 0.2) is 30.3 Å². The molecule has 0 aliphatic rings. The van der Waals surface area contributed by atoms with Crippen molar-refractivity contribution in [1.29, 1.82) is 0 Å². The summed E-state index contributed by atoms with van der Waals surface area (Å²) >= 11 is 3.18. The van der Waals surface area contributed by atoms with E-state index in [4.69, 9.17) is 0 Å². The second kappa shape index (κ2) is 6.20. The van der Waals surface area contributed by atoms with Crippen LogP contribution in [0.1, 0.15) is 21.7 Å². The van der Waals surface area contributed by atoms with E-state index in [0.29, 0.717) is 11.6 Å². The van der Waals surface area contributed by atoms with E-state index in [0.717, 1.165) is 31.0 Å². The minimum absolute atomic E-state index is 0.0426. The first-order valence-corrected chi connectivity index (χ1v) is 9.65. The zero-order chi connectivity index (χ0) is 17.6. The van der Waals surface area contributed by atoms with Crippen molar-refractivity contribution in [3.05, 3.63) is 52.0 Å². The molecule has 6 heteroatoms. The number of amides is 1. The molecule has 2 heterocycles. The highest BCUT2D eigenvalue weighted by atomic mass is 32.1. The van der Waals surface area contributed by atoms with Gasteiger partial charge in [-0.05, 0) is 49.6 Å². The van der Waals surface area contributed by atoms with Gasteiger partial charge in [0.15, 0.2) is 5.13 Å². The number of benzene rings is 2. The number of rotatable bonds is 3. The van der Waals surface area contributed by atoms with Gasteiger partial charge >= 0.3 is 0 Å². The van der Waals surface area contributed by atoms with Crippen LogP contribution < -0.4 is 5.32 Å². The number of aryl methyl sites for hydroxylation is 3. The first-order valence-electron chi connectivity index (χ1n) is 8.02. The first kappa shape index (κ1) is 16.2.